The predicted molar refractivity (Wildman–Crippen MR) is 93.1 cm³/mol. The van der Waals surface area contributed by atoms with Crippen molar-refractivity contribution in [3.63, 3.8) is 0 Å². The second-order valence-electron chi connectivity index (χ2n) is 5.60. The third-order valence-corrected chi connectivity index (χ3v) is 3.61. The highest BCUT2D eigenvalue weighted by molar-refractivity contribution is 5.74. The Hall–Kier alpha value is -2.84. The Morgan fingerprint density at radius 2 is 1.88 bits per heavy atom. The molecule has 24 heavy (non-hydrogen) atoms. The molecule has 1 unspecified atom stereocenters. The fraction of sp³-hybridized carbons (Fsp3) is 0.263. The van der Waals surface area contributed by atoms with E-state index in [1.54, 1.807) is 13.0 Å². The molecule has 0 heterocycles. The van der Waals surface area contributed by atoms with Gasteiger partial charge in [0.15, 0.2) is 0 Å². The summed E-state index contributed by atoms with van der Waals surface area (Å²) < 4.78 is 0. The fourth-order valence-corrected chi connectivity index (χ4v) is 2.27. The molecule has 0 aliphatic rings. The number of aliphatic hydroxyl groups is 1. The molecule has 5 nitrogen and oxygen atoms in total. The van der Waals surface area contributed by atoms with Gasteiger partial charge in [0.25, 0.3) is 0 Å². The van der Waals surface area contributed by atoms with Gasteiger partial charge >= 0.3 is 6.03 Å². The van der Waals surface area contributed by atoms with E-state index in [0.29, 0.717) is 25.1 Å². The number of nitrogens with zero attached hydrogens (tertiary/aromatic N) is 1. The first kappa shape index (κ1) is 17.5. The van der Waals surface area contributed by atoms with Gasteiger partial charge < -0.3 is 15.7 Å². The maximum atomic E-state index is 11.6. The van der Waals surface area contributed by atoms with E-state index in [9.17, 15) is 4.79 Å². The molecular formula is C19H21N3O2. The molecule has 0 spiro atoms. The molecule has 2 rings (SSSR count). The van der Waals surface area contributed by atoms with Crippen LogP contribution in [0.2, 0.25) is 0 Å². The highest BCUT2D eigenvalue weighted by Crippen LogP contribution is 2.23. The number of carbonyl (C=O) groups is 1. The molecule has 124 valence electrons. The van der Waals surface area contributed by atoms with E-state index in [4.69, 9.17) is 10.4 Å². The van der Waals surface area contributed by atoms with Gasteiger partial charge in [0.2, 0.25) is 0 Å². The minimum Gasteiger partial charge on any atom is -0.393 e. The first-order valence-electron chi connectivity index (χ1n) is 7.88. The summed E-state index contributed by atoms with van der Waals surface area (Å²) in [6, 6.07) is 17.1. The van der Waals surface area contributed by atoms with Gasteiger partial charge in [-0.3, -0.25) is 0 Å². The van der Waals surface area contributed by atoms with E-state index in [2.05, 4.69) is 16.7 Å². The van der Waals surface area contributed by atoms with Crippen molar-refractivity contribution in [2.45, 2.75) is 26.0 Å². The summed E-state index contributed by atoms with van der Waals surface area (Å²) in [7, 11) is 0. The molecule has 2 amide bonds. The lowest BCUT2D eigenvalue weighted by Crippen LogP contribution is -2.36. The van der Waals surface area contributed by atoms with Crippen LogP contribution in [0.25, 0.3) is 11.1 Å². The van der Waals surface area contributed by atoms with Crippen molar-refractivity contribution in [2.24, 2.45) is 0 Å². The van der Waals surface area contributed by atoms with Crippen molar-refractivity contribution in [3.8, 4) is 17.2 Å². The number of rotatable bonds is 6. The van der Waals surface area contributed by atoms with E-state index in [-0.39, 0.29) is 6.03 Å². The van der Waals surface area contributed by atoms with Gasteiger partial charge in [-0.1, -0.05) is 42.5 Å². The molecule has 3 N–H and O–H groups in total. The number of urea groups is 1. The summed E-state index contributed by atoms with van der Waals surface area (Å²) >= 11 is 0. The van der Waals surface area contributed by atoms with Crippen LogP contribution in [0.3, 0.4) is 0 Å². The van der Waals surface area contributed by atoms with Gasteiger partial charge in [0.05, 0.1) is 17.7 Å². The second-order valence-corrected chi connectivity index (χ2v) is 5.60. The molecule has 2 aromatic rings. The van der Waals surface area contributed by atoms with Crippen molar-refractivity contribution in [3.05, 3.63) is 59.7 Å². The Morgan fingerprint density at radius 1 is 1.17 bits per heavy atom. The molecule has 0 radical (unpaired) electrons. The molecule has 0 aromatic heterocycles. The van der Waals surface area contributed by atoms with E-state index in [1.165, 1.54) is 0 Å². The number of carbonyl (C=O) groups excluding carboxylic acids is 1. The molecule has 0 bridgehead atoms. The SMILES string of the molecule is CC(O)CCNC(=O)NCc1ccc(-c2ccccc2C#N)cc1. The van der Waals surface area contributed by atoms with E-state index >= 15 is 0 Å². The van der Waals surface area contributed by atoms with Crippen LogP contribution in [-0.4, -0.2) is 23.8 Å². The molecule has 0 aliphatic carbocycles. The van der Waals surface area contributed by atoms with Crippen LogP contribution in [0.5, 0.6) is 0 Å². The lowest BCUT2D eigenvalue weighted by atomic mass is 9.99. The van der Waals surface area contributed by atoms with Crippen molar-refractivity contribution < 1.29 is 9.90 Å². The van der Waals surface area contributed by atoms with Gasteiger partial charge in [0, 0.05) is 13.1 Å². The standard InChI is InChI=1S/C19H21N3O2/c1-14(23)10-11-21-19(24)22-13-15-6-8-16(9-7-15)18-5-3-2-4-17(18)12-20/h2-9,14,23H,10-11,13H2,1H3,(H2,21,22,24). The molecule has 0 saturated heterocycles. The lowest BCUT2D eigenvalue weighted by Gasteiger charge is -2.09. The fourth-order valence-electron chi connectivity index (χ4n) is 2.27. The Labute approximate surface area is 141 Å². The first-order chi connectivity index (χ1) is 11.6. The normalized spacial score (nSPS) is 11.4. The van der Waals surface area contributed by atoms with Crippen LogP contribution in [0.1, 0.15) is 24.5 Å². The van der Waals surface area contributed by atoms with Gasteiger partial charge in [0.1, 0.15) is 0 Å². The Morgan fingerprint density at radius 3 is 2.54 bits per heavy atom. The number of benzene rings is 2. The van der Waals surface area contributed by atoms with Crippen molar-refractivity contribution in [1.29, 1.82) is 5.26 Å². The summed E-state index contributed by atoms with van der Waals surface area (Å²) in [5, 5.41) is 23.8. The van der Waals surface area contributed by atoms with Crippen LogP contribution in [0.15, 0.2) is 48.5 Å². The summed E-state index contributed by atoms with van der Waals surface area (Å²) in [5.74, 6) is 0. The lowest BCUT2D eigenvalue weighted by molar-refractivity contribution is 0.183. The third kappa shape index (κ3) is 5.11. The molecule has 1 atom stereocenters. The topological polar surface area (TPSA) is 85.2 Å². The molecular weight excluding hydrogens is 302 g/mol. The summed E-state index contributed by atoms with van der Waals surface area (Å²) in [6.07, 6.45) is 0.106. The molecule has 0 fully saturated rings. The van der Waals surface area contributed by atoms with Crippen LogP contribution in [0.4, 0.5) is 4.79 Å². The van der Waals surface area contributed by atoms with Crippen LogP contribution in [-0.2, 0) is 6.54 Å². The van der Waals surface area contributed by atoms with Crippen molar-refractivity contribution in [2.75, 3.05) is 6.54 Å². The van der Waals surface area contributed by atoms with Crippen molar-refractivity contribution in [1.82, 2.24) is 10.6 Å². The van der Waals surface area contributed by atoms with E-state index in [1.807, 2.05) is 42.5 Å². The average molecular weight is 323 g/mol. The summed E-state index contributed by atoms with van der Waals surface area (Å²) in [6.45, 7) is 2.54. The molecule has 5 heteroatoms. The third-order valence-electron chi connectivity index (χ3n) is 3.61. The smallest absolute Gasteiger partial charge is 0.315 e. The second kappa shape index (κ2) is 8.70. The molecule has 0 aliphatic heterocycles. The van der Waals surface area contributed by atoms with E-state index < -0.39 is 6.10 Å². The van der Waals surface area contributed by atoms with Gasteiger partial charge in [-0.05, 0) is 36.1 Å². The quantitative estimate of drug-likeness (QED) is 0.764. The number of hydrogen-bond donors (Lipinski definition) is 3. The van der Waals surface area contributed by atoms with Crippen LogP contribution >= 0.6 is 0 Å². The van der Waals surface area contributed by atoms with Crippen LogP contribution in [0, 0.1) is 11.3 Å². The zero-order valence-electron chi connectivity index (χ0n) is 13.6. The summed E-state index contributed by atoms with van der Waals surface area (Å²) in [5.41, 5.74) is 3.48. The zero-order chi connectivity index (χ0) is 17.4. The number of nitrogens with one attached hydrogen (secondary N) is 2. The maximum absolute atomic E-state index is 11.6. The van der Waals surface area contributed by atoms with E-state index in [0.717, 1.165) is 16.7 Å². The largest absolute Gasteiger partial charge is 0.393 e. The first-order valence-corrected chi connectivity index (χ1v) is 7.88. The molecule has 2 aromatic carbocycles. The Bertz CT molecular complexity index is 718. The highest BCUT2D eigenvalue weighted by atomic mass is 16.3. The van der Waals surface area contributed by atoms with Gasteiger partial charge in [-0.25, -0.2) is 4.79 Å². The van der Waals surface area contributed by atoms with Gasteiger partial charge in [-0.2, -0.15) is 5.26 Å². The number of nitriles is 1. The average Bonchev–Trinajstić information content (AvgIpc) is 2.60. The predicted octanol–water partition coefficient (Wildman–Crippen LogP) is 2.80. The minimum absolute atomic E-state index is 0.255. The highest BCUT2D eigenvalue weighted by Gasteiger charge is 2.05. The number of aliphatic hydroxyl groups excluding tert-OH is 1. The van der Waals surface area contributed by atoms with Gasteiger partial charge in [-0.15, -0.1) is 0 Å². The summed E-state index contributed by atoms with van der Waals surface area (Å²) in [4.78, 5) is 11.6. The Kier molecular flexibility index (Phi) is 6.35. The number of amides is 2. The van der Waals surface area contributed by atoms with Crippen LogP contribution < -0.4 is 10.6 Å². The maximum Gasteiger partial charge on any atom is 0.315 e. The monoisotopic (exact) mass is 323 g/mol. The Balaban J connectivity index is 1.91. The minimum atomic E-state index is -0.422. The zero-order valence-corrected chi connectivity index (χ0v) is 13.6. The molecule has 0 saturated carbocycles. The number of hydrogen-bond acceptors (Lipinski definition) is 3. The van der Waals surface area contributed by atoms with Crippen molar-refractivity contribution >= 4 is 6.03 Å².